The number of ether oxygens (including phenoxy) is 1. The van der Waals surface area contributed by atoms with Crippen molar-refractivity contribution in [1.29, 1.82) is 0 Å². The van der Waals surface area contributed by atoms with E-state index in [1.54, 1.807) is 31.4 Å². The molecule has 3 rings (SSSR count). The van der Waals surface area contributed by atoms with Crippen LogP contribution in [-0.4, -0.2) is 36.1 Å². The van der Waals surface area contributed by atoms with Crippen LogP contribution in [0.25, 0.3) is 0 Å². The number of halogens is 1. The van der Waals surface area contributed by atoms with Gasteiger partial charge in [-0.05, 0) is 42.2 Å². The average molecular weight is 394 g/mol. The smallest absolute Gasteiger partial charge is 0.270 e. The van der Waals surface area contributed by atoms with Crippen LogP contribution in [0.5, 0.6) is 5.75 Å². The molecule has 150 valence electrons. The number of carbonyl (C=O) groups excluding carboxylic acids is 1. The molecule has 0 aliphatic carbocycles. The average Bonchev–Trinajstić information content (AvgIpc) is 2.76. The van der Waals surface area contributed by atoms with E-state index in [2.05, 4.69) is 20.6 Å². The van der Waals surface area contributed by atoms with Gasteiger partial charge in [-0.1, -0.05) is 30.3 Å². The first kappa shape index (κ1) is 20.3. The maximum Gasteiger partial charge on any atom is 0.270 e. The van der Waals surface area contributed by atoms with Crippen LogP contribution in [0.2, 0.25) is 0 Å². The predicted molar refractivity (Wildman–Crippen MR) is 110 cm³/mol. The Morgan fingerprint density at radius 1 is 1.03 bits per heavy atom. The molecule has 0 radical (unpaired) electrons. The van der Waals surface area contributed by atoms with Crippen molar-refractivity contribution in [3.8, 4) is 5.75 Å². The highest BCUT2D eigenvalue weighted by molar-refractivity contribution is 5.92. The van der Waals surface area contributed by atoms with E-state index in [9.17, 15) is 9.18 Å². The number of aromatic nitrogens is 2. The van der Waals surface area contributed by atoms with Crippen LogP contribution in [0.4, 0.5) is 10.2 Å². The lowest BCUT2D eigenvalue weighted by Crippen LogP contribution is -2.27. The second-order valence-corrected chi connectivity index (χ2v) is 6.41. The summed E-state index contributed by atoms with van der Waals surface area (Å²) in [6, 6.07) is 16.0. The van der Waals surface area contributed by atoms with E-state index in [-0.39, 0.29) is 17.4 Å². The van der Waals surface area contributed by atoms with E-state index in [4.69, 9.17) is 4.74 Å². The fourth-order valence-electron chi connectivity index (χ4n) is 2.81. The molecular weight excluding hydrogens is 371 g/mol. The van der Waals surface area contributed by atoms with Crippen LogP contribution < -0.4 is 15.4 Å². The van der Waals surface area contributed by atoms with Gasteiger partial charge in [-0.2, -0.15) is 0 Å². The summed E-state index contributed by atoms with van der Waals surface area (Å²) >= 11 is 0. The summed E-state index contributed by atoms with van der Waals surface area (Å²) in [6.45, 7) is 0.988. The number of rotatable bonds is 9. The van der Waals surface area contributed by atoms with Gasteiger partial charge in [0.2, 0.25) is 0 Å². The predicted octanol–water partition coefficient (Wildman–Crippen LogP) is 3.25. The number of nitrogens with zero attached hydrogens (tertiary/aromatic N) is 2. The number of nitrogens with one attached hydrogen (secondary N) is 2. The number of anilines is 1. The summed E-state index contributed by atoms with van der Waals surface area (Å²) in [5, 5.41) is 5.95. The zero-order chi connectivity index (χ0) is 20.5. The number of benzene rings is 2. The maximum absolute atomic E-state index is 13.6. The summed E-state index contributed by atoms with van der Waals surface area (Å²) in [5.74, 6) is 0.810. The minimum absolute atomic E-state index is 0.264. The van der Waals surface area contributed by atoms with Crippen LogP contribution >= 0.6 is 0 Å². The van der Waals surface area contributed by atoms with Gasteiger partial charge in [0.05, 0.1) is 7.11 Å². The molecule has 0 unspecified atom stereocenters. The van der Waals surface area contributed by atoms with Crippen LogP contribution in [0.1, 0.15) is 21.6 Å². The van der Waals surface area contributed by atoms with Gasteiger partial charge in [0.1, 0.15) is 29.4 Å². The van der Waals surface area contributed by atoms with Crippen molar-refractivity contribution in [1.82, 2.24) is 15.3 Å². The Bertz CT molecular complexity index is 948. The third-order valence-electron chi connectivity index (χ3n) is 4.42. The number of carbonyl (C=O) groups is 1. The molecular formula is C22H23FN4O2. The van der Waals surface area contributed by atoms with Crippen molar-refractivity contribution >= 4 is 11.7 Å². The molecule has 0 aliphatic heterocycles. The molecule has 0 saturated carbocycles. The highest BCUT2D eigenvalue weighted by atomic mass is 19.1. The van der Waals surface area contributed by atoms with E-state index in [1.165, 1.54) is 18.0 Å². The Kier molecular flexibility index (Phi) is 7.10. The summed E-state index contributed by atoms with van der Waals surface area (Å²) in [4.78, 5) is 20.5. The lowest BCUT2D eigenvalue weighted by Gasteiger charge is -2.08. The molecule has 2 N–H and O–H groups in total. The van der Waals surface area contributed by atoms with E-state index in [0.717, 1.165) is 12.2 Å². The van der Waals surface area contributed by atoms with Gasteiger partial charge in [-0.3, -0.25) is 4.79 Å². The van der Waals surface area contributed by atoms with Crippen LogP contribution in [0.15, 0.2) is 60.9 Å². The third-order valence-corrected chi connectivity index (χ3v) is 4.42. The SMILES string of the molecule is COc1ccc(CCNc2cc(C(=O)NCCc3ccccc3F)ncn2)cc1. The maximum atomic E-state index is 13.6. The first-order valence-electron chi connectivity index (χ1n) is 9.36. The van der Waals surface area contributed by atoms with Crippen molar-refractivity contribution in [3.63, 3.8) is 0 Å². The van der Waals surface area contributed by atoms with Gasteiger partial charge < -0.3 is 15.4 Å². The first-order chi connectivity index (χ1) is 14.2. The molecule has 7 heteroatoms. The monoisotopic (exact) mass is 394 g/mol. The molecule has 0 fully saturated rings. The number of methoxy groups -OCH3 is 1. The number of hydrogen-bond acceptors (Lipinski definition) is 5. The Morgan fingerprint density at radius 3 is 2.59 bits per heavy atom. The number of amides is 1. The molecule has 0 bridgehead atoms. The van der Waals surface area contributed by atoms with Gasteiger partial charge >= 0.3 is 0 Å². The number of hydrogen-bond donors (Lipinski definition) is 2. The standard InChI is InChI=1S/C22H23FN4O2/c1-29-18-8-6-16(7-9-18)10-12-24-21-14-20(26-15-27-21)22(28)25-13-11-17-4-2-3-5-19(17)23/h2-9,14-15H,10-13H2,1H3,(H,25,28)(H,24,26,27). The highest BCUT2D eigenvalue weighted by Crippen LogP contribution is 2.12. The topological polar surface area (TPSA) is 76.1 Å². The van der Waals surface area contributed by atoms with Gasteiger partial charge in [0.15, 0.2) is 0 Å². The minimum Gasteiger partial charge on any atom is -0.497 e. The summed E-state index contributed by atoms with van der Waals surface area (Å²) in [5.41, 5.74) is 2.00. The van der Waals surface area contributed by atoms with E-state index in [1.807, 2.05) is 24.3 Å². The fourth-order valence-corrected chi connectivity index (χ4v) is 2.81. The van der Waals surface area contributed by atoms with Crippen molar-refractivity contribution in [2.24, 2.45) is 0 Å². The Balaban J connectivity index is 1.47. The highest BCUT2D eigenvalue weighted by Gasteiger charge is 2.09. The molecule has 0 saturated heterocycles. The molecule has 3 aromatic rings. The summed E-state index contributed by atoms with van der Waals surface area (Å²) < 4.78 is 18.8. The third kappa shape index (κ3) is 6.00. The Hall–Kier alpha value is -3.48. The van der Waals surface area contributed by atoms with Gasteiger partial charge in [-0.15, -0.1) is 0 Å². The van der Waals surface area contributed by atoms with Gasteiger partial charge in [-0.25, -0.2) is 14.4 Å². The van der Waals surface area contributed by atoms with E-state index >= 15 is 0 Å². The molecule has 0 atom stereocenters. The summed E-state index contributed by atoms with van der Waals surface area (Å²) in [6.07, 6.45) is 2.57. The molecule has 0 aliphatic rings. The lowest BCUT2D eigenvalue weighted by molar-refractivity contribution is 0.0949. The van der Waals surface area contributed by atoms with Gasteiger partial charge in [0.25, 0.3) is 5.91 Å². The van der Waals surface area contributed by atoms with Gasteiger partial charge in [0, 0.05) is 19.2 Å². The van der Waals surface area contributed by atoms with E-state index < -0.39 is 0 Å². The van der Waals surface area contributed by atoms with E-state index in [0.29, 0.717) is 30.9 Å². The van der Waals surface area contributed by atoms with Crippen LogP contribution in [0.3, 0.4) is 0 Å². The van der Waals surface area contributed by atoms with Crippen molar-refractivity contribution in [2.75, 3.05) is 25.5 Å². The van der Waals surface area contributed by atoms with Crippen molar-refractivity contribution in [2.45, 2.75) is 12.8 Å². The minimum atomic E-state index is -0.318. The quantitative estimate of drug-likeness (QED) is 0.583. The largest absolute Gasteiger partial charge is 0.497 e. The van der Waals surface area contributed by atoms with Crippen molar-refractivity contribution in [3.05, 3.63) is 83.6 Å². The molecule has 0 spiro atoms. The normalized spacial score (nSPS) is 10.4. The molecule has 1 aromatic heterocycles. The van der Waals surface area contributed by atoms with Crippen molar-refractivity contribution < 1.29 is 13.9 Å². The van der Waals surface area contributed by atoms with Crippen LogP contribution in [0, 0.1) is 5.82 Å². The second-order valence-electron chi connectivity index (χ2n) is 6.41. The Morgan fingerprint density at radius 2 is 1.83 bits per heavy atom. The lowest BCUT2D eigenvalue weighted by atomic mass is 10.1. The molecule has 29 heavy (non-hydrogen) atoms. The van der Waals surface area contributed by atoms with Crippen LogP contribution in [-0.2, 0) is 12.8 Å². The molecule has 1 heterocycles. The second kappa shape index (κ2) is 10.2. The molecule has 2 aromatic carbocycles. The fraction of sp³-hybridized carbons (Fsp3) is 0.227. The Labute approximate surface area is 169 Å². The molecule has 6 nitrogen and oxygen atoms in total. The zero-order valence-electron chi connectivity index (χ0n) is 16.2. The first-order valence-corrected chi connectivity index (χ1v) is 9.36. The summed E-state index contributed by atoms with van der Waals surface area (Å²) in [7, 11) is 1.64. The molecule has 1 amide bonds. The zero-order valence-corrected chi connectivity index (χ0v) is 16.2.